The van der Waals surface area contributed by atoms with Crippen molar-refractivity contribution < 1.29 is 14.0 Å². The van der Waals surface area contributed by atoms with E-state index >= 15 is 0 Å². The predicted octanol–water partition coefficient (Wildman–Crippen LogP) is 0.815. The van der Waals surface area contributed by atoms with Crippen LogP contribution >= 0.6 is 0 Å². The van der Waals surface area contributed by atoms with Crippen LogP contribution in [0.3, 0.4) is 0 Å². The molecule has 0 saturated heterocycles. The minimum atomic E-state index is -0.829. The van der Waals surface area contributed by atoms with Gasteiger partial charge in [-0.3, -0.25) is 9.59 Å². The normalized spacial score (nSPS) is 10.8. The Kier molecular flexibility index (Phi) is 2.82. The third kappa shape index (κ3) is 2.07. The molecule has 0 aliphatic rings. The van der Waals surface area contributed by atoms with E-state index in [2.05, 4.69) is 25.6 Å². The highest BCUT2D eigenvalue weighted by molar-refractivity contribution is 6.43. The standard InChI is InChI=1S/C12H8FN5O2/c13-7-1-2-9-8(4-7)6(5-14-9)3-10(19)11(20)12-15-17-18-16-12/h1-2,4-5,14H,3H2,(H,15,16,17,18). The number of halogens is 1. The Morgan fingerprint density at radius 2 is 2.15 bits per heavy atom. The summed E-state index contributed by atoms with van der Waals surface area (Å²) in [6, 6.07) is 4.20. The highest BCUT2D eigenvalue weighted by Gasteiger charge is 2.21. The predicted molar refractivity (Wildman–Crippen MR) is 65.5 cm³/mol. The van der Waals surface area contributed by atoms with Crippen LogP contribution in [-0.4, -0.2) is 37.2 Å². The van der Waals surface area contributed by atoms with Crippen molar-refractivity contribution in [3.8, 4) is 0 Å². The Labute approximate surface area is 111 Å². The molecule has 0 radical (unpaired) electrons. The average Bonchev–Trinajstić information content (AvgIpc) is 3.08. The minimum absolute atomic E-state index is 0.156. The van der Waals surface area contributed by atoms with E-state index in [-0.39, 0.29) is 12.2 Å². The molecule has 0 atom stereocenters. The number of hydrogen-bond acceptors (Lipinski definition) is 5. The lowest BCUT2D eigenvalue weighted by atomic mass is 10.1. The summed E-state index contributed by atoms with van der Waals surface area (Å²) in [7, 11) is 0. The van der Waals surface area contributed by atoms with Crippen molar-refractivity contribution in [3.63, 3.8) is 0 Å². The maximum atomic E-state index is 13.2. The summed E-state index contributed by atoms with van der Waals surface area (Å²) in [5, 5.41) is 12.8. The minimum Gasteiger partial charge on any atom is -0.361 e. The Bertz CT molecular complexity index is 793. The molecule has 0 amide bonds. The molecule has 0 aliphatic carbocycles. The molecule has 0 spiro atoms. The number of hydrogen-bond donors (Lipinski definition) is 2. The number of H-pyrrole nitrogens is 2. The lowest BCUT2D eigenvalue weighted by molar-refractivity contribution is -0.114. The maximum Gasteiger partial charge on any atom is 0.269 e. The zero-order chi connectivity index (χ0) is 14.1. The summed E-state index contributed by atoms with van der Waals surface area (Å²) in [5.41, 5.74) is 1.24. The van der Waals surface area contributed by atoms with Crippen LogP contribution in [-0.2, 0) is 11.2 Å². The van der Waals surface area contributed by atoms with Crippen LogP contribution in [0.4, 0.5) is 4.39 Å². The summed E-state index contributed by atoms with van der Waals surface area (Å²) in [5.74, 6) is -2.20. The van der Waals surface area contributed by atoms with Crippen LogP contribution in [0.5, 0.6) is 0 Å². The van der Waals surface area contributed by atoms with Gasteiger partial charge in [0.2, 0.25) is 11.6 Å². The molecule has 0 bridgehead atoms. The third-order valence-corrected chi connectivity index (χ3v) is 2.88. The lowest BCUT2D eigenvalue weighted by Gasteiger charge is -1.97. The van der Waals surface area contributed by atoms with Gasteiger partial charge in [-0.15, -0.1) is 10.2 Å². The molecule has 20 heavy (non-hydrogen) atoms. The van der Waals surface area contributed by atoms with Crippen molar-refractivity contribution in [3.05, 3.63) is 41.6 Å². The Morgan fingerprint density at radius 1 is 1.30 bits per heavy atom. The SMILES string of the molecule is O=C(Cc1c[nH]c2ccc(F)cc12)C(=O)c1nn[nH]n1. The fourth-order valence-corrected chi connectivity index (χ4v) is 1.93. The first-order valence-electron chi connectivity index (χ1n) is 5.71. The zero-order valence-electron chi connectivity index (χ0n) is 10.1. The number of fused-ring (bicyclic) bond motifs is 1. The van der Waals surface area contributed by atoms with E-state index in [1.165, 1.54) is 12.1 Å². The number of Topliss-reactive ketones (excluding diaryl/α,β-unsaturated/α-hetero) is 2. The number of tetrazole rings is 1. The Hall–Kier alpha value is -2.90. The molecular formula is C12H8FN5O2. The number of carbonyl (C=O) groups excluding carboxylic acids is 2. The molecule has 0 saturated carbocycles. The first-order chi connectivity index (χ1) is 9.65. The number of aromatic amines is 2. The van der Waals surface area contributed by atoms with E-state index in [1.807, 2.05) is 0 Å². The van der Waals surface area contributed by atoms with E-state index in [4.69, 9.17) is 0 Å². The number of nitrogens with zero attached hydrogens (tertiary/aromatic N) is 3. The van der Waals surface area contributed by atoms with Crippen molar-refractivity contribution in [1.82, 2.24) is 25.6 Å². The summed E-state index contributed by atoms with van der Waals surface area (Å²) < 4.78 is 13.2. The van der Waals surface area contributed by atoms with Gasteiger partial charge in [-0.05, 0) is 29.0 Å². The quantitative estimate of drug-likeness (QED) is 0.540. The highest BCUT2D eigenvalue weighted by Crippen LogP contribution is 2.20. The van der Waals surface area contributed by atoms with E-state index in [0.29, 0.717) is 16.5 Å². The Balaban J connectivity index is 1.88. The molecule has 3 aromatic rings. The summed E-state index contributed by atoms with van der Waals surface area (Å²) in [4.78, 5) is 26.5. The molecule has 100 valence electrons. The van der Waals surface area contributed by atoms with Crippen molar-refractivity contribution in [2.24, 2.45) is 0 Å². The van der Waals surface area contributed by atoms with Crippen LogP contribution in [0.25, 0.3) is 10.9 Å². The van der Waals surface area contributed by atoms with E-state index in [0.717, 1.165) is 0 Å². The monoisotopic (exact) mass is 273 g/mol. The first-order valence-corrected chi connectivity index (χ1v) is 5.71. The van der Waals surface area contributed by atoms with Crippen molar-refractivity contribution in [2.75, 3.05) is 0 Å². The second-order valence-electron chi connectivity index (χ2n) is 4.17. The molecule has 2 N–H and O–H groups in total. The summed E-state index contributed by atoms with van der Waals surface area (Å²) in [6.45, 7) is 0. The topological polar surface area (TPSA) is 104 Å². The summed E-state index contributed by atoms with van der Waals surface area (Å²) >= 11 is 0. The highest BCUT2D eigenvalue weighted by atomic mass is 19.1. The van der Waals surface area contributed by atoms with Gasteiger partial charge in [0, 0.05) is 23.5 Å². The van der Waals surface area contributed by atoms with Gasteiger partial charge in [-0.2, -0.15) is 5.21 Å². The van der Waals surface area contributed by atoms with Gasteiger partial charge < -0.3 is 4.98 Å². The first kappa shape index (κ1) is 12.2. The average molecular weight is 273 g/mol. The van der Waals surface area contributed by atoms with Crippen molar-refractivity contribution in [1.29, 1.82) is 0 Å². The maximum absolute atomic E-state index is 13.2. The fourth-order valence-electron chi connectivity index (χ4n) is 1.93. The molecule has 0 unspecified atom stereocenters. The smallest absolute Gasteiger partial charge is 0.269 e. The second kappa shape index (κ2) is 4.65. The van der Waals surface area contributed by atoms with Crippen LogP contribution in [0.15, 0.2) is 24.4 Å². The molecule has 8 heteroatoms. The lowest BCUT2D eigenvalue weighted by Crippen LogP contribution is -2.18. The van der Waals surface area contributed by atoms with Crippen LogP contribution in [0.1, 0.15) is 16.2 Å². The zero-order valence-corrected chi connectivity index (χ0v) is 10.1. The molecule has 0 aliphatic heterocycles. The molecule has 7 nitrogen and oxygen atoms in total. The molecule has 3 rings (SSSR count). The van der Waals surface area contributed by atoms with Crippen LogP contribution < -0.4 is 0 Å². The van der Waals surface area contributed by atoms with Gasteiger partial charge in [0.05, 0.1) is 0 Å². The number of ketones is 2. The third-order valence-electron chi connectivity index (χ3n) is 2.88. The van der Waals surface area contributed by atoms with Gasteiger partial charge in [-0.25, -0.2) is 4.39 Å². The van der Waals surface area contributed by atoms with Gasteiger partial charge in [0.15, 0.2) is 0 Å². The Morgan fingerprint density at radius 3 is 2.90 bits per heavy atom. The number of benzene rings is 1. The number of nitrogens with one attached hydrogen (secondary N) is 2. The van der Waals surface area contributed by atoms with Gasteiger partial charge in [-0.1, -0.05) is 0 Å². The molecule has 2 heterocycles. The van der Waals surface area contributed by atoms with E-state index in [9.17, 15) is 14.0 Å². The largest absolute Gasteiger partial charge is 0.361 e. The van der Waals surface area contributed by atoms with E-state index in [1.54, 1.807) is 12.3 Å². The van der Waals surface area contributed by atoms with Crippen LogP contribution in [0, 0.1) is 5.82 Å². The number of carbonyl (C=O) groups is 2. The number of aromatic nitrogens is 5. The fraction of sp³-hybridized carbons (Fsp3) is 0.0833. The molecular weight excluding hydrogens is 265 g/mol. The van der Waals surface area contributed by atoms with E-state index < -0.39 is 17.4 Å². The van der Waals surface area contributed by atoms with Crippen molar-refractivity contribution >= 4 is 22.5 Å². The van der Waals surface area contributed by atoms with Crippen LogP contribution in [0.2, 0.25) is 0 Å². The summed E-state index contributed by atoms with van der Waals surface area (Å²) in [6.07, 6.45) is 1.42. The molecule has 2 aromatic heterocycles. The molecule has 0 fully saturated rings. The van der Waals surface area contributed by atoms with Gasteiger partial charge >= 0.3 is 0 Å². The second-order valence-corrected chi connectivity index (χ2v) is 4.17. The van der Waals surface area contributed by atoms with Crippen molar-refractivity contribution in [2.45, 2.75) is 6.42 Å². The van der Waals surface area contributed by atoms with Gasteiger partial charge in [0.25, 0.3) is 5.78 Å². The number of rotatable bonds is 4. The van der Waals surface area contributed by atoms with Gasteiger partial charge in [0.1, 0.15) is 5.82 Å². The molecule has 1 aromatic carbocycles.